The zero-order valence-corrected chi connectivity index (χ0v) is 13.4. The Balaban J connectivity index is 1.92. The highest BCUT2D eigenvalue weighted by atomic mass is 32.1. The van der Waals surface area contributed by atoms with E-state index in [9.17, 15) is 4.79 Å². The number of aromatic amines is 1. The van der Waals surface area contributed by atoms with E-state index in [0.717, 1.165) is 22.0 Å². The lowest BCUT2D eigenvalue weighted by Crippen LogP contribution is -2.03. The molecule has 1 aromatic carbocycles. The molecule has 0 atom stereocenters. The van der Waals surface area contributed by atoms with Crippen LogP contribution in [0, 0.1) is 13.8 Å². The molecule has 0 aliphatic rings. The van der Waals surface area contributed by atoms with Gasteiger partial charge in [-0.1, -0.05) is 41.7 Å². The van der Waals surface area contributed by atoms with Crippen LogP contribution in [0.25, 0.3) is 26.8 Å². The fraction of sp³-hybridized carbons (Fsp3) is 0.125. The van der Waals surface area contributed by atoms with E-state index < -0.39 is 0 Å². The molecular formula is C16H13N5OS. The molecule has 0 saturated carbocycles. The van der Waals surface area contributed by atoms with Gasteiger partial charge in [-0.05, 0) is 19.9 Å². The molecule has 7 heteroatoms. The summed E-state index contributed by atoms with van der Waals surface area (Å²) in [6.07, 6.45) is 0. The van der Waals surface area contributed by atoms with E-state index in [1.807, 2.05) is 50.2 Å². The lowest BCUT2D eigenvalue weighted by Gasteiger charge is -2.01. The number of hydrogen-bond acceptors (Lipinski definition) is 5. The van der Waals surface area contributed by atoms with Gasteiger partial charge in [0.1, 0.15) is 10.6 Å². The number of fused-ring (bicyclic) bond motifs is 1. The Bertz CT molecular complexity index is 1060. The molecule has 0 fully saturated rings. The average molecular weight is 323 g/mol. The van der Waals surface area contributed by atoms with Gasteiger partial charge in [0.15, 0.2) is 10.7 Å². The molecular weight excluding hydrogens is 310 g/mol. The molecule has 4 aromatic rings. The highest BCUT2D eigenvalue weighted by Crippen LogP contribution is 2.30. The van der Waals surface area contributed by atoms with E-state index in [0.29, 0.717) is 16.2 Å². The molecule has 3 aromatic heterocycles. The fourth-order valence-corrected chi connectivity index (χ4v) is 3.45. The average Bonchev–Trinajstić information content (AvgIpc) is 3.12. The Hall–Kier alpha value is -2.80. The summed E-state index contributed by atoms with van der Waals surface area (Å²) in [5, 5.41) is 12.6. The second-order valence-corrected chi connectivity index (χ2v) is 6.27. The molecule has 0 bridgehead atoms. The quantitative estimate of drug-likeness (QED) is 0.615. The third kappa shape index (κ3) is 2.25. The van der Waals surface area contributed by atoms with Crippen molar-refractivity contribution in [1.82, 2.24) is 24.8 Å². The maximum absolute atomic E-state index is 12.4. The molecule has 23 heavy (non-hydrogen) atoms. The van der Waals surface area contributed by atoms with Crippen molar-refractivity contribution in [2.75, 3.05) is 0 Å². The maximum Gasteiger partial charge on any atom is 0.277 e. The maximum atomic E-state index is 12.4. The number of aromatic nitrogens is 5. The van der Waals surface area contributed by atoms with Crippen LogP contribution in [0.15, 0.2) is 41.2 Å². The van der Waals surface area contributed by atoms with Crippen molar-refractivity contribution in [3.05, 3.63) is 58.1 Å². The van der Waals surface area contributed by atoms with E-state index >= 15 is 0 Å². The number of nitrogens with zero attached hydrogens (tertiary/aromatic N) is 4. The smallest absolute Gasteiger partial charge is 0.267 e. The molecule has 0 spiro atoms. The van der Waals surface area contributed by atoms with Gasteiger partial charge in [0.25, 0.3) is 5.56 Å². The van der Waals surface area contributed by atoms with Crippen LogP contribution < -0.4 is 5.56 Å². The molecule has 3 heterocycles. The van der Waals surface area contributed by atoms with Gasteiger partial charge in [0, 0.05) is 17.0 Å². The van der Waals surface area contributed by atoms with E-state index in [-0.39, 0.29) is 5.56 Å². The van der Waals surface area contributed by atoms with Crippen molar-refractivity contribution in [1.29, 1.82) is 0 Å². The van der Waals surface area contributed by atoms with Crippen LogP contribution in [0.5, 0.6) is 0 Å². The molecule has 0 aliphatic heterocycles. The second kappa shape index (κ2) is 5.13. The van der Waals surface area contributed by atoms with Gasteiger partial charge in [-0.25, -0.2) is 9.50 Å². The first-order valence-electron chi connectivity index (χ1n) is 7.12. The lowest BCUT2D eigenvalue weighted by atomic mass is 10.2. The Labute approximate surface area is 135 Å². The number of rotatable bonds is 2. The minimum absolute atomic E-state index is 0.207. The van der Waals surface area contributed by atoms with E-state index in [1.54, 1.807) is 4.52 Å². The van der Waals surface area contributed by atoms with Gasteiger partial charge < -0.3 is 0 Å². The summed E-state index contributed by atoms with van der Waals surface area (Å²) in [6.45, 7) is 3.83. The first-order chi connectivity index (χ1) is 11.1. The molecule has 4 rings (SSSR count). The van der Waals surface area contributed by atoms with Crippen LogP contribution in [-0.2, 0) is 0 Å². The van der Waals surface area contributed by atoms with Crippen molar-refractivity contribution < 1.29 is 0 Å². The van der Waals surface area contributed by atoms with E-state index in [4.69, 9.17) is 0 Å². The Morgan fingerprint density at radius 2 is 1.83 bits per heavy atom. The van der Waals surface area contributed by atoms with Gasteiger partial charge in [0.2, 0.25) is 0 Å². The molecule has 0 amide bonds. The molecule has 0 radical (unpaired) electrons. The summed E-state index contributed by atoms with van der Waals surface area (Å²) >= 11 is 1.39. The third-order valence-electron chi connectivity index (χ3n) is 3.59. The van der Waals surface area contributed by atoms with Gasteiger partial charge in [-0.2, -0.15) is 0 Å². The predicted octanol–water partition coefficient (Wildman–Crippen LogP) is 2.82. The van der Waals surface area contributed by atoms with Crippen molar-refractivity contribution >= 4 is 17.0 Å². The SMILES string of the molecule is Cc1cc(C)n2[nH]c(=O)c(-c3nnc(-c4ccccc4)s3)c2n1. The summed E-state index contributed by atoms with van der Waals surface area (Å²) in [6, 6.07) is 11.7. The highest BCUT2D eigenvalue weighted by Gasteiger charge is 2.19. The number of hydrogen-bond donors (Lipinski definition) is 1. The van der Waals surface area contributed by atoms with Gasteiger partial charge in [-0.3, -0.25) is 9.89 Å². The number of H-pyrrole nitrogens is 1. The molecule has 6 nitrogen and oxygen atoms in total. The lowest BCUT2D eigenvalue weighted by molar-refractivity contribution is 0.871. The summed E-state index contributed by atoms with van der Waals surface area (Å²) < 4.78 is 1.69. The summed E-state index contributed by atoms with van der Waals surface area (Å²) in [7, 11) is 0. The minimum atomic E-state index is -0.207. The molecule has 0 unspecified atom stereocenters. The van der Waals surface area contributed by atoms with Gasteiger partial charge >= 0.3 is 0 Å². The standard InChI is InChI=1S/C16H13N5OS/c1-9-8-10(2)21-13(17-9)12(14(22)20-21)16-19-18-15(23-16)11-6-4-3-5-7-11/h3-8H,1-2H3,(H,20,22). The van der Waals surface area contributed by atoms with Gasteiger partial charge in [0.05, 0.1) is 0 Å². The summed E-state index contributed by atoms with van der Waals surface area (Å²) in [5.74, 6) is 0. The number of aryl methyl sites for hydroxylation is 2. The van der Waals surface area contributed by atoms with Crippen LogP contribution in [0.4, 0.5) is 0 Å². The van der Waals surface area contributed by atoms with Crippen LogP contribution >= 0.6 is 11.3 Å². The van der Waals surface area contributed by atoms with Crippen LogP contribution in [0.2, 0.25) is 0 Å². The third-order valence-corrected chi connectivity index (χ3v) is 4.58. The Morgan fingerprint density at radius 1 is 1.09 bits per heavy atom. The molecule has 0 saturated heterocycles. The van der Waals surface area contributed by atoms with Crippen LogP contribution in [0.3, 0.4) is 0 Å². The van der Waals surface area contributed by atoms with E-state index in [1.165, 1.54) is 11.3 Å². The number of nitrogens with one attached hydrogen (secondary N) is 1. The zero-order valence-electron chi connectivity index (χ0n) is 12.6. The molecule has 114 valence electrons. The van der Waals surface area contributed by atoms with Crippen molar-refractivity contribution in [3.8, 4) is 21.1 Å². The minimum Gasteiger partial charge on any atom is -0.267 e. The summed E-state index contributed by atoms with van der Waals surface area (Å²) in [5.41, 5.74) is 3.61. The van der Waals surface area contributed by atoms with Gasteiger partial charge in [-0.15, -0.1) is 10.2 Å². The largest absolute Gasteiger partial charge is 0.277 e. The topological polar surface area (TPSA) is 75.9 Å². The Kier molecular flexibility index (Phi) is 3.09. The van der Waals surface area contributed by atoms with Crippen molar-refractivity contribution in [2.45, 2.75) is 13.8 Å². The zero-order chi connectivity index (χ0) is 16.0. The fourth-order valence-electron chi connectivity index (χ4n) is 2.57. The van der Waals surface area contributed by atoms with Crippen LogP contribution in [-0.4, -0.2) is 24.8 Å². The normalized spacial score (nSPS) is 11.2. The Morgan fingerprint density at radius 3 is 2.61 bits per heavy atom. The molecule has 1 N–H and O–H groups in total. The van der Waals surface area contributed by atoms with E-state index in [2.05, 4.69) is 20.3 Å². The van der Waals surface area contributed by atoms with Crippen molar-refractivity contribution in [3.63, 3.8) is 0 Å². The molecule has 0 aliphatic carbocycles. The van der Waals surface area contributed by atoms with Crippen LogP contribution in [0.1, 0.15) is 11.4 Å². The second-order valence-electron chi connectivity index (χ2n) is 5.29. The number of benzene rings is 1. The highest BCUT2D eigenvalue weighted by molar-refractivity contribution is 7.18. The summed E-state index contributed by atoms with van der Waals surface area (Å²) in [4.78, 5) is 16.9. The first kappa shape index (κ1) is 13.8. The predicted molar refractivity (Wildman–Crippen MR) is 89.6 cm³/mol. The van der Waals surface area contributed by atoms with Crippen molar-refractivity contribution in [2.24, 2.45) is 0 Å². The monoisotopic (exact) mass is 323 g/mol. The first-order valence-corrected chi connectivity index (χ1v) is 7.93.